The van der Waals surface area contributed by atoms with Crippen molar-refractivity contribution in [2.75, 3.05) is 13.7 Å². The zero-order chi connectivity index (χ0) is 26.7. The van der Waals surface area contributed by atoms with E-state index in [0.29, 0.717) is 21.3 Å². The molecule has 0 aromatic heterocycles. The number of hydrazone groups is 1. The predicted molar refractivity (Wildman–Crippen MR) is 140 cm³/mol. The lowest BCUT2D eigenvalue weighted by atomic mass is 10.1. The van der Waals surface area contributed by atoms with Crippen LogP contribution in [0.15, 0.2) is 75.1 Å². The molecule has 0 spiro atoms. The lowest BCUT2D eigenvalue weighted by Gasteiger charge is -2.21. The van der Waals surface area contributed by atoms with Crippen molar-refractivity contribution in [3.05, 3.63) is 81.8 Å². The summed E-state index contributed by atoms with van der Waals surface area (Å²) in [6.45, 7) is 5.24. The van der Waals surface area contributed by atoms with Crippen LogP contribution in [-0.2, 0) is 19.6 Å². The number of benzene rings is 3. The maximum atomic E-state index is 12.9. The van der Waals surface area contributed by atoms with Crippen LogP contribution in [0.4, 0.5) is 0 Å². The molecule has 0 saturated heterocycles. The Bertz CT molecular complexity index is 1440. The van der Waals surface area contributed by atoms with Crippen LogP contribution < -0.4 is 13.7 Å². The first-order chi connectivity index (χ1) is 17.6. The molecule has 1 aliphatic heterocycles. The summed E-state index contributed by atoms with van der Waals surface area (Å²) in [5, 5.41) is 5.57. The van der Waals surface area contributed by atoms with Crippen LogP contribution in [-0.4, -0.2) is 38.9 Å². The van der Waals surface area contributed by atoms with Crippen molar-refractivity contribution in [2.45, 2.75) is 31.9 Å². The van der Waals surface area contributed by atoms with Crippen molar-refractivity contribution in [3.8, 4) is 17.2 Å². The Labute approximate surface area is 223 Å². The van der Waals surface area contributed by atoms with Crippen LogP contribution in [0.2, 0.25) is 0 Å². The van der Waals surface area contributed by atoms with Crippen molar-refractivity contribution < 1.29 is 31.6 Å². The van der Waals surface area contributed by atoms with Gasteiger partial charge in [0.1, 0.15) is 10.6 Å². The molecule has 1 atom stereocenters. The second-order valence-corrected chi connectivity index (χ2v) is 10.5. The number of nitrogens with zero attached hydrogens (tertiary/aromatic N) is 2. The number of carbonyl (C=O) groups is 1. The second-order valence-electron chi connectivity index (χ2n) is 8.08. The fourth-order valence-corrected chi connectivity index (χ4v) is 5.18. The van der Waals surface area contributed by atoms with E-state index in [-0.39, 0.29) is 34.8 Å². The van der Waals surface area contributed by atoms with Crippen LogP contribution in [0, 0.1) is 6.92 Å². The van der Waals surface area contributed by atoms with Gasteiger partial charge in [-0.05, 0) is 78.3 Å². The van der Waals surface area contributed by atoms with Gasteiger partial charge in [0.15, 0.2) is 11.5 Å². The van der Waals surface area contributed by atoms with Crippen molar-refractivity contribution in [3.63, 3.8) is 0 Å². The third-order valence-electron chi connectivity index (χ3n) is 5.42. The van der Waals surface area contributed by atoms with Gasteiger partial charge < -0.3 is 18.4 Å². The first-order valence-corrected chi connectivity index (χ1v) is 13.5. The molecule has 0 unspecified atom stereocenters. The van der Waals surface area contributed by atoms with E-state index >= 15 is 0 Å². The fourth-order valence-electron chi connectivity index (χ4n) is 3.57. The number of aryl methyl sites for hydroxylation is 1. The Hall–Kier alpha value is -3.57. The summed E-state index contributed by atoms with van der Waals surface area (Å²) in [5.74, 6) is 0.718. The Kier molecular flexibility index (Phi) is 7.74. The summed E-state index contributed by atoms with van der Waals surface area (Å²) in [4.78, 5) is 12.4. The lowest BCUT2D eigenvalue weighted by Crippen LogP contribution is -2.25. The standard InChI is InChI=1S/C26H25BrN2O7S/c1-5-34-23-15-19(14-22(27)24(23)36-37(31,32)21-12-6-16(2)7-13-21)26-29(17(3)30)28-25(35-26)18-8-10-20(33-4)11-9-18/h6-15,26H,5H2,1-4H3/t26-/m0/s1. The van der Waals surface area contributed by atoms with Gasteiger partial charge in [0.25, 0.3) is 0 Å². The highest BCUT2D eigenvalue weighted by molar-refractivity contribution is 9.10. The number of rotatable bonds is 8. The van der Waals surface area contributed by atoms with E-state index in [4.69, 9.17) is 18.4 Å². The van der Waals surface area contributed by atoms with Crippen LogP contribution >= 0.6 is 15.9 Å². The van der Waals surface area contributed by atoms with Gasteiger partial charge in [0.05, 0.1) is 18.2 Å². The zero-order valence-electron chi connectivity index (χ0n) is 20.6. The average molecular weight is 589 g/mol. The second kappa shape index (κ2) is 10.8. The first kappa shape index (κ1) is 26.5. The van der Waals surface area contributed by atoms with Gasteiger partial charge in [-0.3, -0.25) is 4.79 Å². The SMILES string of the molecule is CCOc1cc([C@@H]2OC(c3ccc(OC)cc3)=NN2C(C)=O)cc(Br)c1OS(=O)(=O)c1ccc(C)cc1. The molecule has 1 aliphatic rings. The minimum atomic E-state index is -4.14. The van der Waals surface area contributed by atoms with E-state index in [1.54, 1.807) is 62.6 Å². The van der Waals surface area contributed by atoms with Crippen LogP contribution in [0.1, 0.15) is 36.8 Å². The number of ether oxygens (including phenoxy) is 3. The molecule has 4 rings (SSSR count). The molecule has 0 N–H and O–H groups in total. The van der Waals surface area contributed by atoms with E-state index in [0.717, 1.165) is 5.56 Å². The van der Waals surface area contributed by atoms with Gasteiger partial charge in [0, 0.05) is 18.1 Å². The third kappa shape index (κ3) is 5.72. The Morgan fingerprint density at radius 1 is 1.11 bits per heavy atom. The fraction of sp³-hybridized carbons (Fsp3) is 0.231. The van der Waals surface area contributed by atoms with Crippen molar-refractivity contribution >= 4 is 37.9 Å². The molecule has 0 aliphatic carbocycles. The number of hydrogen-bond acceptors (Lipinski definition) is 8. The van der Waals surface area contributed by atoms with E-state index in [9.17, 15) is 13.2 Å². The Morgan fingerprint density at radius 2 is 1.78 bits per heavy atom. The molecule has 3 aromatic carbocycles. The smallest absolute Gasteiger partial charge is 0.339 e. The minimum absolute atomic E-state index is 0.0101. The highest BCUT2D eigenvalue weighted by atomic mass is 79.9. The van der Waals surface area contributed by atoms with E-state index in [1.807, 2.05) is 6.92 Å². The molecule has 0 saturated carbocycles. The van der Waals surface area contributed by atoms with Crippen molar-refractivity contribution in [2.24, 2.45) is 5.10 Å². The van der Waals surface area contributed by atoms with Gasteiger partial charge in [0.2, 0.25) is 18.0 Å². The Balaban J connectivity index is 1.68. The predicted octanol–water partition coefficient (Wildman–Crippen LogP) is 5.17. The number of amides is 1. The molecule has 11 heteroatoms. The molecule has 0 fully saturated rings. The normalized spacial score (nSPS) is 15.1. The van der Waals surface area contributed by atoms with Gasteiger partial charge in [-0.15, -0.1) is 5.10 Å². The summed E-state index contributed by atoms with van der Waals surface area (Å²) in [5.41, 5.74) is 2.07. The molecule has 37 heavy (non-hydrogen) atoms. The third-order valence-corrected chi connectivity index (χ3v) is 7.25. The molecular weight excluding hydrogens is 564 g/mol. The lowest BCUT2D eigenvalue weighted by molar-refractivity contribution is -0.135. The zero-order valence-corrected chi connectivity index (χ0v) is 23.0. The van der Waals surface area contributed by atoms with Gasteiger partial charge in [-0.1, -0.05) is 17.7 Å². The molecule has 1 amide bonds. The number of hydrogen-bond donors (Lipinski definition) is 0. The van der Waals surface area contributed by atoms with Crippen molar-refractivity contribution in [1.82, 2.24) is 5.01 Å². The molecular formula is C26H25BrN2O7S. The number of carbonyl (C=O) groups excluding carboxylic acids is 1. The summed E-state index contributed by atoms with van der Waals surface area (Å²) in [6.07, 6.45) is -0.909. The maximum Gasteiger partial charge on any atom is 0.339 e. The van der Waals surface area contributed by atoms with Gasteiger partial charge >= 0.3 is 10.1 Å². The van der Waals surface area contributed by atoms with Gasteiger partial charge in [-0.2, -0.15) is 13.4 Å². The minimum Gasteiger partial charge on any atom is -0.497 e. The molecule has 0 radical (unpaired) electrons. The summed E-state index contributed by atoms with van der Waals surface area (Å²) in [6, 6.07) is 16.6. The van der Waals surface area contributed by atoms with Crippen LogP contribution in [0.3, 0.4) is 0 Å². The highest BCUT2D eigenvalue weighted by Gasteiger charge is 2.35. The van der Waals surface area contributed by atoms with E-state index in [1.165, 1.54) is 24.1 Å². The monoisotopic (exact) mass is 588 g/mol. The maximum absolute atomic E-state index is 12.9. The van der Waals surface area contributed by atoms with Gasteiger partial charge in [-0.25, -0.2) is 0 Å². The molecule has 194 valence electrons. The largest absolute Gasteiger partial charge is 0.497 e. The quantitative estimate of drug-likeness (QED) is 0.334. The average Bonchev–Trinajstić information content (AvgIpc) is 3.32. The Morgan fingerprint density at radius 3 is 2.38 bits per heavy atom. The van der Waals surface area contributed by atoms with E-state index < -0.39 is 16.3 Å². The summed E-state index contributed by atoms with van der Waals surface area (Å²) < 4.78 is 48.7. The summed E-state index contributed by atoms with van der Waals surface area (Å²) in [7, 11) is -2.57. The molecule has 3 aromatic rings. The first-order valence-electron chi connectivity index (χ1n) is 11.3. The van der Waals surface area contributed by atoms with E-state index in [2.05, 4.69) is 21.0 Å². The van der Waals surface area contributed by atoms with Crippen molar-refractivity contribution in [1.29, 1.82) is 0 Å². The van der Waals surface area contributed by atoms with Crippen LogP contribution in [0.25, 0.3) is 0 Å². The number of halogens is 1. The topological polar surface area (TPSA) is 104 Å². The van der Waals surface area contributed by atoms with Crippen LogP contribution in [0.5, 0.6) is 17.2 Å². The molecule has 9 nitrogen and oxygen atoms in total. The molecule has 1 heterocycles. The summed E-state index contributed by atoms with van der Waals surface area (Å²) >= 11 is 3.41. The highest BCUT2D eigenvalue weighted by Crippen LogP contribution is 2.42. The number of methoxy groups -OCH3 is 1. The molecule has 0 bridgehead atoms.